The molecule has 29 heavy (non-hydrogen) atoms. The van der Waals surface area contributed by atoms with Gasteiger partial charge in [-0.3, -0.25) is 0 Å². The lowest BCUT2D eigenvalue weighted by atomic mass is 9.85. The largest absolute Gasteiger partial charge is 0.465 e. The van der Waals surface area contributed by atoms with E-state index in [9.17, 15) is 4.79 Å². The van der Waals surface area contributed by atoms with Gasteiger partial charge < -0.3 is 14.5 Å². The second kappa shape index (κ2) is 8.62. The molecule has 1 fully saturated rings. The lowest BCUT2D eigenvalue weighted by Crippen LogP contribution is -2.45. The average Bonchev–Trinajstić information content (AvgIpc) is 3.16. The maximum absolute atomic E-state index is 11.6. The van der Waals surface area contributed by atoms with Gasteiger partial charge >= 0.3 is 5.97 Å². The maximum atomic E-state index is 11.6. The van der Waals surface area contributed by atoms with Crippen LogP contribution in [0.25, 0.3) is 0 Å². The topological polar surface area (TPSA) is 51.1 Å². The van der Waals surface area contributed by atoms with Crippen molar-refractivity contribution in [1.82, 2.24) is 4.90 Å². The van der Waals surface area contributed by atoms with Crippen LogP contribution in [0.4, 0.5) is 0 Å². The highest BCUT2D eigenvalue weighted by Gasteiger charge is 2.42. The number of carbonyl (C=O) groups is 1. The number of benzene rings is 1. The van der Waals surface area contributed by atoms with E-state index in [0.717, 1.165) is 66.1 Å². The van der Waals surface area contributed by atoms with Gasteiger partial charge in [0.05, 0.1) is 23.4 Å². The number of halogens is 2. The summed E-state index contributed by atoms with van der Waals surface area (Å²) in [7, 11) is 1.39. The summed E-state index contributed by atoms with van der Waals surface area (Å²) < 4.78 is 5.85. The Hall–Kier alpha value is -1.63. The summed E-state index contributed by atoms with van der Waals surface area (Å²) in [5.74, 6) is 0.160. The van der Waals surface area contributed by atoms with Crippen molar-refractivity contribution < 1.29 is 14.4 Å². The standard InChI is InChI=1S/C22H24BrClN2O3/c1-28-21(27)17-5-3-16(4-6-17)20-13-22(29-25-20)8-10-26(11-9-22)14-15-2-7-19(24)18(23)12-15/h2-7,15H,8-14H2,1H3. The van der Waals surface area contributed by atoms with Crippen molar-refractivity contribution in [2.24, 2.45) is 11.1 Å². The number of rotatable bonds is 4. The molecule has 0 saturated carbocycles. The Bertz CT molecular complexity index is 871. The van der Waals surface area contributed by atoms with Gasteiger partial charge in [-0.25, -0.2) is 4.79 Å². The van der Waals surface area contributed by atoms with Crippen molar-refractivity contribution in [2.75, 3.05) is 26.7 Å². The Kier molecular flexibility index (Phi) is 6.13. The third kappa shape index (κ3) is 4.60. The first-order valence-corrected chi connectivity index (χ1v) is 11.0. The molecule has 5 nitrogen and oxygen atoms in total. The highest BCUT2D eigenvalue weighted by Crippen LogP contribution is 2.37. The second-order valence-electron chi connectivity index (χ2n) is 7.93. The number of nitrogens with zero attached hydrogens (tertiary/aromatic N) is 2. The first kappa shape index (κ1) is 20.6. The van der Waals surface area contributed by atoms with Gasteiger partial charge in [-0.1, -0.05) is 50.9 Å². The van der Waals surface area contributed by atoms with Gasteiger partial charge in [0.25, 0.3) is 0 Å². The lowest BCUT2D eigenvalue weighted by molar-refractivity contribution is -0.0625. The molecule has 0 N–H and O–H groups in total. The highest BCUT2D eigenvalue weighted by atomic mass is 79.9. The van der Waals surface area contributed by atoms with Crippen molar-refractivity contribution in [3.63, 3.8) is 0 Å². The zero-order valence-corrected chi connectivity index (χ0v) is 18.7. The Morgan fingerprint density at radius 3 is 2.72 bits per heavy atom. The molecular formula is C22H24BrClN2O3. The van der Waals surface area contributed by atoms with Crippen LogP contribution in [0.1, 0.15) is 41.6 Å². The smallest absolute Gasteiger partial charge is 0.337 e. The SMILES string of the molecule is COC(=O)c1ccc(C2=NOC3(CCN(CC4C=CC(Cl)=C(Br)C4)CC3)C2)cc1. The van der Waals surface area contributed by atoms with Crippen LogP contribution in [0.5, 0.6) is 0 Å². The molecule has 1 aromatic carbocycles. The van der Waals surface area contributed by atoms with Crippen molar-refractivity contribution in [3.05, 3.63) is 57.1 Å². The number of oxime groups is 1. The van der Waals surface area contributed by atoms with Gasteiger partial charge in [-0.2, -0.15) is 0 Å². The monoisotopic (exact) mass is 478 g/mol. The molecular weight excluding hydrogens is 456 g/mol. The number of hydrogen-bond acceptors (Lipinski definition) is 5. The molecule has 7 heteroatoms. The number of ether oxygens (including phenoxy) is 1. The minimum atomic E-state index is -0.331. The van der Waals surface area contributed by atoms with Crippen molar-refractivity contribution in [2.45, 2.75) is 31.3 Å². The molecule has 1 aromatic rings. The van der Waals surface area contributed by atoms with Gasteiger partial charge in [-0.05, 0) is 36.1 Å². The molecule has 4 rings (SSSR count). The molecule has 0 bridgehead atoms. The predicted molar refractivity (Wildman–Crippen MR) is 117 cm³/mol. The fourth-order valence-electron chi connectivity index (χ4n) is 4.17. The van der Waals surface area contributed by atoms with Crippen LogP contribution < -0.4 is 0 Å². The van der Waals surface area contributed by atoms with Crippen LogP contribution in [-0.2, 0) is 9.57 Å². The summed E-state index contributed by atoms with van der Waals surface area (Å²) in [5, 5.41) is 5.19. The molecule has 1 atom stereocenters. The van der Waals surface area contributed by atoms with E-state index >= 15 is 0 Å². The number of allylic oxidation sites excluding steroid dienone is 3. The molecule has 3 aliphatic rings. The molecule has 2 heterocycles. The molecule has 1 unspecified atom stereocenters. The molecule has 154 valence electrons. The Balaban J connectivity index is 1.30. The molecule has 0 aromatic heterocycles. The third-order valence-corrected chi connectivity index (χ3v) is 7.29. The summed E-state index contributed by atoms with van der Waals surface area (Å²) in [6.07, 6.45) is 7.91. The van der Waals surface area contributed by atoms with Crippen LogP contribution in [-0.4, -0.2) is 48.9 Å². The summed E-state index contributed by atoms with van der Waals surface area (Å²) in [5.41, 5.74) is 2.30. The van der Waals surface area contributed by atoms with Gasteiger partial charge in [-0.15, -0.1) is 0 Å². The summed E-state index contributed by atoms with van der Waals surface area (Å²) in [6, 6.07) is 7.37. The number of hydrogen-bond donors (Lipinski definition) is 0. The number of methoxy groups -OCH3 is 1. The Labute approximate surface area is 184 Å². The summed E-state index contributed by atoms with van der Waals surface area (Å²) in [6.45, 7) is 3.04. The van der Waals surface area contributed by atoms with Crippen LogP contribution in [0.15, 0.2) is 51.1 Å². The van der Waals surface area contributed by atoms with Crippen molar-refractivity contribution >= 4 is 39.2 Å². The molecule has 1 saturated heterocycles. The van der Waals surface area contributed by atoms with E-state index in [1.807, 2.05) is 18.2 Å². The minimum Gasteiger partial charge on any atom is -0.465 e. The zero-order chi connectivity index (χ0) is 20.4. The molecule has 0 radical (unpaired) electrons. The van der Waals surface area contributed by atoms with E-state index in [1.54, 1.807) is 12.1 Å². The normalized spacial score (nSPS) is 23.8. The molecule has 0 amide bonds. The third-order valence-electron chi connectivity index (χ3n) is 5.95. The first-order valence-electron chi connectivity index (χ1n) is 9.86. The van der Waals surface area contributed by atoms with Gasteiger partial charge in [0.1, 0.15) is 5.60 Å². The summed E-state index contributed by atoms with van der Waals surface area (Å²) >= 11 is 9.70. The fourth-order valence-corrected chi connectivity index (χ4v) is 4.87. The van der Waals surface area contributed by atoms with Gasteiger partial charge in [0.15, 0.2) is 0 Å². The lowest BCUT2D eigenvalue weighted by Gasteiger charge is -2.38. The Morgan fingerprint density at radius 1 is 1.34 bits per heavy atom. The molecule has 1 spiro atoms. The minimum absolute atomic E-state index is 0.195. The van der Waals surface area contributed by atoms with Crippen LogP contribution >= 0.6 is 27.5 Å². The zero-order valence-electron chi connectivity index (χ0n) is 16.4. The number of esters is 1. The van der Waals surface area contributed by atoms with E-state index in [-0.39, 0.29) is 11.6 Å². The van der Waals surface area contributed by atoms with E-state index < -0.39 is 0 Å². The Morgan fingerprint density at radius 2 is 2.07 bits per heavy atom. The van der Waals surface area contributed by atoms with Crippen molar-refractivity contribution in [3.8, 4) is 0 Å². The van der Waals surface area contributed by atoms with Crippen molar-refractivity contribution in [1.29, 1.82) is 0 Å². The number of carbonyl (C=O) groups excluding carboxylic acids is 1. The quantitative estimate of drug-likeness (QED) is 0.579. The van der Waals surface area contributed by atoms with E-state index in [0.29, 0.717) is 11.5 Å². The van der Waals surface area contributed by atoms with Crippen LogP contribution in [0, 0.1) is 5.92 Å². The average molecular weight is 480 g/mol. The van der Waals surface area contributed by atoms with Gasteiger partial charge in [0, 0.05) is 43.4 Å². The summed E-state index contributed by atoms with van der Waals surface area (Å²) in [4.78, 5) is 20.0. The molecule has 2 aliphatic heterocycles. The molecule has 1 aliphatic carbocycles. The second-order valence-corrected chi connectivity index (χ2v) is 9.30. The highest BCUT2D eigenvalue weighted by molar-refractivity contribution is 9.11. The fraction of sp³-hybridized carbons (Fsp3) is 0.455. The predicted octanol–water partition coefficient (Wildman–Crippen LogP) is 4.85. The number of piperidine rings is 1. The van der Waals surface area contributed by atoms with Gasteiger partial charge in [0.2, 0.25) is 0 Å². The number of likely N-dealkylation sites (tertiary alicyclic amines) is 1. The van der Waals surface area contributed by atoms with Crippen LogP contribution in [0.3, 0.4) is 0 Å². The van der Waals surface area contributed by atoms with E-state index in [2.05, 4.69) is 32.1 Å². The first-order chi connectivity index (χ1) is 14.0. The van der Waals surface area contributed by atoms with Crippen LogP contribution in [0.2, 0.25) is 0 Å². The van der Waals surface area contributed by atoms with E-state index in [4.69, 9.17) is 21.2 Å². The maximum Gasteiger partial charge on any atom is 0.337 e. The van der Waals surface area contributed by atoms with E-state index in [1.165, 1.54) is 7.11 Å².